The summed E-state index contributed by atoms with van der Waals surface area (Å²) in [4.78, 5) is 16.9. The van der Waals surface area contributed by atoms with Gasteiger partial charge >= 0.3 is 0 Å². The average Bonchev–Trinajstić information content (AvgIpc) is 2.71. The smallest absolute Gasteiger partial charge is 0.243 e. The van der Waals surface area contributed by atoms with Crippen molar-refractivity contribution in [2.45, 2.75) is 52.0 Å². The number of amides is 1. The minimum atomic E-state index is -3.58. The molecule has 1 amide bonds. The zero-order valence-corrected chi connectivity index (χ0v) is 18.3. The molecule has 0 saturated carbocycles. The van der Waals surface area contributed by atoms with E-state index < -0.39 is 10.0 Å². The molecule has 2 heterocycles. The van der Waals surface area contributed by atoms with Gasteiger partial charge in [-0.1, -0.05) is 6.07 Å². The molecule has 1 aromatic carbocycles. The fourth-order valence-corrected chi connectivity index (χ4v) is 5.93. The summed E-state index contributed by atoms with van der Waals surface area (Å²) in [6, 6.07) is 5.76. The van der Waals surface area contributed by atoms with Crippen molar-refractivity contribution < 1.29 is 13.2 Å². The number of rotatable bonds is 5. The Labute approximate surface area is 173 Å². The van der Waals surface area contributed by atoms with E-state index >= 15 is 0 Å². The molecule has 0 spiro atoms. The van der Waals surface area contributed by atoms with Gasteiger partial charge in [0.2, 0.25) is 15.9 Å². The van der Waals surface area contributed by atoms with Crippen LogP contribution in [0.3, 0.4) is 0 Å². The van der Waals surface area contributed by atoms with E-state index in [0.29, 0.717) is 37.4 Å². The maximum Gasteiger partial charge on any atom is 0.243 e. The minimum Gasteiger partial charge on any atom is -0.352 e. The van der Waals surface area contributed by atoms with Crippen molar-refractivity contribution in [2.24, 2.45) is 5.92 Å². The highest BCUT2D eigenvalue weighted by atomic mass is 32.2. The molecule has 0 aliphatic carbocycles. The molecule has 0 atom stereocenters. The first-order valence-corrected chi connectivity index (χ1v) is 11.4. The van der Waals surface area contributed by atoms with Gasteiger partial charge in [-0.3, -0.25) is 9.78 Å². The van der Waals surface area contributed by atoms with Crippen LogP contribution in [0.15, 0.2) is 35.5 Å². The minimum absolute atomic E-state index is 0.0161. The number of sulfonamides is 1. The number of hydrogen-bond donors (Lipinski definition) is 1. The number of aryl methyl sites for hydroxylation is 2. The van der Waals surface area contributed by atoms with Gasteiger partial charge in [0, 0.05) is 37.9 Å². The van der Waals surface area contributed by atoms with Crippen LogP contribution in [0, 0.1) is 33.6 Å². The lowest BCUT2D eigenvalue weighted by molar-refractivity contribution is -0.126. The Bertz CT molecular complexity index is 969. The molecule has 1 aliphatic heterocycles. The number of pyridine rings is 1. The molecule has 6 nitrogen and oxygen atoms in total. The van der Waals surface area contributed by atoms with Crippen LogP contribution in [0.25, 0.3) is 0 Å². The van der Waals surface area contributed by atoms with Crippen LogP contribution in [0.4, 0.5) is 0 Å². The van der Waals surface area contributed by atoms with Crippen LogP contribution in [0.5, 0.6) is 0 Å². The van der Waals surface area contributed by atoms with E-state index in [0.717, 1.165) is 27.8 Å². The third kappa shape index (κ3) is 4.51. The van der Waals surface area contributed by atoms with E-state index in [-0.39, 0.29) is 11.8 Å². The Balaban J connectivity index is 1.67. The van der Waals surface area contributed by atoms with E-state index in [4.69, 9.17) is 0 Å². The zero-order chi connectivity index (χ0) is 21.2. The monoisotopic (exact) mass is 415 g/mol. The number of carbonyl (C=O) groups is 1. The summed E-state index contributed by atoms with van der Waals surface area (Å²) in [7, 11) is -3.58. The Kier molecular flexibility index (Phi) is 6.39. The summed E-state index contributed by atoms with van der Waals surface area (Å²) in [5, 5.41) is 2.95. The first-order valence-electron chi connectivity index (χ1n) is 9.96. The highest BCUT2D eigenvalue weighted by molar-refractivity contribution is 7.89. The first-order chi connectivity index (χ1) is 13.7. The molecule has 156 valence electrons. The molecule has 0 unspecified atom stereocenters. The van der Waals surface area contributed by atoms with Gasteiger partial charge in [-0.15, -0.1) is 0 Å². The topological polar surface area (TPSA) is 79.4 Å². The summed E-state index contributed by atoms with van der Waals surface area (Å²) in [6.45, 7) is 8.81. The van der Waals surface area contributed by atoms with Gasteiger partial charge in [-0.05, 0) is 80.5 Å². The van der Waals surface area contributed by atoms with Crippen molar-refractivity contribution in [1.29, 1.82) is 0 Å². The van der Waals surface area contributed by atoms with E-state index in [2.05, 4.69) is 10.3 Å². The summed E-state index contributed by atoms with van der Waals surface area (Å²) >= 11 is 0. The van der Waals surface area contributed by atoms with Crippen molar-refractivity contribution in [3.63, 3.8) is 0 Å². The molecular formula is C22H29N3O3S. The lowest BCUT2D eigenvalue weighted by Crippen LogP contribution is -2.43. The molecule has 1 fully saturated rings. The van der Waals surface area contributed by atoms with Gasteiger partial charge in [-0.25, -0.2) is 8.42 Å². The predicted octanol–water partition coefficient (Wildman–Crippen LogP) is 3.03. The highest BCUT2D eigenvalue weighted by Crippen LogP contribution is 2.31. The quantitative estimate of drug-likeness (QED) is 0.814. The zero-order valence-electron chi connectivity index (χ0n) is 17.5. The van der Waals surface area contributed by atoms with Crippen LogP contribution in [-0.2, 0) is 21.4 Å². The van der Waals surface area contributed by atoms with Gasteiger partial charge in [0.25, 0.3) is 0 Å². The lowest BCUT2D eigenvalue weighted by Gasteiger charge is -2.31. The van der Waals surface area contributed by atoms with Crippen LogP contribution >= 0.6 is 0 Å². The van der Waals surface area contributed by atoms with Gasteiger partial charge < -0.3 is 5.32 Å². The van der Waals surface area contributed by atoms with Crippen molar-refractivity contribution in [3.05, 3.63) is 58.4 Å². The van der Waals surface area contributed by atoms with Gasteiger partial charge in [0.05, 0.1) is 4.90 Å². The summed E-state index contributed by atoms with van der Waals surface area (Å²) < 4.78 is 28.2. The lowest BCUT2D eigenvalue weighted by atomic mass is 9.97. The Morgan fingerprint density at radius 1 is 1.07 bits per heavy atom. The maximum absolute atomic E-state index is 13.3. The van der Waals surface area contributed by atoms with Crippen molar-refractivity contribution in [2.75, 3.05) is 13.1 Å². The molecule has 1 aliphatic rings. The summed E-state index contributed by atoms with van der Waals surface area (Å²) in [5.41, 5.74) is 4.58. The molecule has 7 heteroatoms. The van der Waals surface area contributed by atoms with Crippen LogP contribution in [-0.4, -0.2) is 36.7 Å². The van der Waals surface area contributed by atoms with Crippen LogP contribution in [0.1, 0.15) is 40.7 Å². The standard InChI is InChI=1S/C22H29N3O3S/c1-15-13-16(2)18(4)21(17(15)3)29(27,28)25-11-7-20(8-12-25)22(26)24-14-19-5-9-23-10-6-19/h5-6,9-10,13,20H,7-8,11-12,14H2,1-4H3,(H,24,26). The van der Waals surface area contributed by atoms with Crippen molar-refractivity contribution in [3.8, 4) is 0 Å². The second-order valence-electron chi connectivity index (χ2n) is 7.84. The predicted molar refractivity (Wildman–Crippen MR) is 113 cm³/mol. The van der Waals surface area contributed by atoms with Gasteiger partial charge in [0.15, 0.2) is 0 Å². The third-order valence-corrected chi connectivity index (χ3v) is 8.11. The molecule has 0 radical (unpaired) electrons. The number of nitrogens with one attached hydrogen (secondary N) is 1. The fourth-order valence-electron chi connectivity index (χ4n) is 3.89. The van der Waals surface area contributed by atoms with E-state index in [1.54, 1.807) is 12.4 Å². The molecule has 29 heavy (non-hydrogen) atoms. The van der Waals surface area contributed by atoms with Gasteiger partial charge in [0.1, 0.15) is 0 Å². The van der Waals surface area contributed by atoms with E-state index in [1.807, 2.05) is 45.9 Å². The van der Waals surface area contributed by atoms with Gasteiger partial charge in [-0.2, -0.15) is 4.31 Å². The number of aromatic nitrogens is 1. The Hall–Kier alpha value is -2.25. The summed E-state index contributed by atoms with van der Waals surface area (Å²) in [6.07, 6.45) is 4.46. The van der Waals surface area contributed by atoms with Crippen molar-refractivity contribution >= 4 is 15.9 Å². The Morgan fingerprint density at radius 2 is 1.62 bits per heavy atom. The largest absolute Gasteiger partial charge is 0.352 e. The first kappa shape index (κ1) is 21.5. The molecule has 3 rings (SSSR count). The number of benzene rings is 1. The second kappa shape index (κ2) is 8.63. The van der Waals surface area contributed by atoms with Crippen LogP contribution in [0.2, 0.25) is 0 Å². The maximum atomic E-state index is 13.3. The SMILES string of the molecule is Cc1cc(C)c(C)c(S(=O)(=O)N2CCC(C(=O)NCc3ccncc3)CC2)c1C. The van der Waals surface area contributed by atoms with E-state index in [1.165, 1.54) is 4.31 Å². The molecular weight excluding hydrogens is 386 g/mol. The number of hydrogen-bond acceptors (Lipinski definition) is 4. The molecule has 1 N–H and O–H groups in total. The highest BCUT2D eigenvalue weighted by Gasteiger charge is 2.34. The molecule has 1 aromatic heterocycles. The number of nitrogens with zero attached hydrogens (tertiary/aromatic N) is 2. The molecule has 0 bridgehead atoms. The number of carbonyl (C=O) groups excluding carboxylic acids is 1. The molecule has 1 saturated heterocycles. The fraction of sp³-hybridized carbons (Fsp3) is 0.455. The van der Waals surface area contributed by atoms with Crippen LogP contribution < -0.4 is 5.32 Å². The summed E-state index contributed by atoms with van der Waals surface area (Å²) in [5.74, 6) is -0.178. The number of piperidine rings is 1. The third-order valence-electron chi connectivity index (χ3n) is 5.94. The van der Waals surface area contributed by atoms with E-state index in [9.17, 15) is 13.2 Å². The molecule has 2 aromatic rings. The second-order valence-corrected chi connectivity index (χ2v) is 9.72. The Morgan fingerprint density at radius 3 is 2.17 bits per heavy atom. The normalized spacial score (nSPS) is 16.0. The average molecular weight is 416 g/mol. The van der Waals surface area contributed by atoms with Crippen molar-refractivity contribution in [1.82, 2.24) is 14.6 Å².